The van der Waals surface area contributed by atoms with Crippen LogP contribution in [0.3, 0.4) is 0 Å². The summed E-state index contributed by atoms with van der Waals surface area (Å²) < 4.78 is 5.24. The summed E-state index contributed by atoms with van der Waals surface area (Å²) in [5.74, 6) is 0.105. The number of nitrogens with zero attached hydrogens (tertiary/aromatic N) is 1. The van der Waals surface area contributed by atoms with E-state index in [1.54, 1.807) is 12.1 Å². The summed E-state index contributed by atoms with van der Waals surface area (Å²) >= 11 is 0. The topological polar surface area (TPSA) is 81.5 Å². The third kappa shape index (κ3) is 3.81. The molecule has 0 aromatic heterocycles. The molecule has 0 spiro atoms. The minimum absolute atomic E-state index is 0.0221. The normalized spacial score (nSPS) is 9.80. The van der Waals surface area contributed by atoms with Crippen molar-refractivity contribution in [3.8, 4) is 5.75 Å². The lowest BCUT2D eigenvalue weighted by molar-refractivity contribution is -0.384. The molecule has 20 heavy (non-hydrogen) atoms. The van der Waals surface area contributed by atoms with E-state index in [-0.39, 0.29) is 18.2 Å². The van der Waals surface area contributed by atoms with Gasteiger partial charge in [-0.2, -0.15) is 0 Å². The summed E-state index contributed by atoms with van der Waals surface area (Å²) in [5.41, 5.74) is 0.663. The largest absolute Gasteiger partial charge is 0.484 e. The Bertz CT molecular complexity index is 596. The SMILES string of the molecule is O=C(COc1ccc([N+](=O)[O-])cc1)Nc1ccccc1. The molecule has 6 nitrogen and oxygen atoms in total. The number of rotatable bonds is 5. The number of carbonyl (C=O) groups is 1. The predicted octanol–water partition coefficient (Wildman–Crippen LogP) is 2.61. The molecule has 0 saturated carbocycles. The van der Waals surface area contributed by atoms with E-state index in [1.807, 2.05) is 18.2 Å². The molecule has 102 valence electrons. The van der Waals surface area contributed by atoms with Crippen molar-refractivity contribution in [1.29, 1.82) is 0 Å². The van der Waals surface area contributed by atoms with Gasteiger partial charge in [-0.05, 0) is 24.3 Å². The van der Waals surface area contributed by atoms with Crippen molar-refractivity contribution in [2.45, 2.75) is 0 Å². The van der Waals surface area contributed by atoms with Crippen LogP contribution in [-0.2, 0) is 4.79 Å². The Kier molecular flexibility index (Phi) is 4.28. The second kappa shape index (κ2) is 6.33. The van der Waals surface area contributed by atoms with Crippen LogP contribution in [0, 0.1) is 10.1 Å². The van der Waals surface area contributed by atoms with Crippen molar-refractivity contribution >= 4 is 17.3 Å². The maximum absolute atomic E-state index is 11.6. The molecule has 0 bridgehead atoms. The second-order valence-electron chi connectivity index (χ2n) is 3.95. The first-order valence-corrected chi connectivity index (χ1v) is 5.87. The van der Waals surface area contributed by atoms with E-state index in [9.17, 15) is 14.9 Å². The molecule has 0 aliphatic carbocycles. The highest BCUT2D eigenvalue weighted by atomic mass is 16.6. The van der Waals surface area contributed by atoms with Crippen LogP contribution in [0.25, 0.3) is 0 Å². The Hall–Kier alpha value is -2.89. The molecule has 0 aliphatic rings. The van der Waals surface area contributed by atoms with E-state index in [0.717, 1.165) is 0 Å². The standard InChI is InChI=1S/C14H12N2O4/c17-14(15-11-4-2-1-3-5-11)10-20-13-8-6-12(7-9-13)16(18)19/h1-9H,10H2,(H,15,17). The Labute approximate surface area is 115 Å². The van der Waals surface area contributed by atoms with Gasteiger partial charge in [0.15, 0.2) is 6.61 Å². The third-order valence-electron chi connectivity index (χ3n) is 2.48. The minimum atomic E-state index is -0.494. The van der Waals surface area contributed by atoms with Crippen molar-refractivity contribution in [1.82, 2.24) is 0 Å². The molecule has 1 amide bonds. The Balaban J connectivity index is 1.85. The van der Waals surface area contributed by atoms with Crippen LogP contribution < -0.4 is 10.1 Å². The monoisotopic (exact) mass is 272 g/mol. The van der Waals surface area contributed by atoms with Crippen LogP contribution in [0.1, 0.15) is 0 Å². The maximum atomic E-state index is 11.6. The number of amides is 1. The number of nitro groups is 1. The number of ether oxygens (including phenoxy) is 1. The summed E-state index contributed by atoms with van der Waals surface area (Å²) in [6.45, 7) is -0.160. The zero-order valence-corrected chi connectivity index (χ0v) is 10.5. The lowest BCUT2D eigenvalue weighted by Crippen LogP contribution is -2.20. The summed E-state index contributed by atoms with van der Waals surface area (Å²) in [4.78, 5) is 21.6. The van der Waals surface area contributed by atoms with Gasteiger partial charge < -0.3 is 10.1 Å². The number of anilines is 1. The number of para-hydroxylation sites is 1. The van der Waals surface area contributed by atoms with Crippen molar-refractivity contribution in [3.63, 3.8) is 0 Å². The highest BCUT2D eigenvalue weighted by molar-refractivity contribution is 5.91. The van der Waals surface area contributed by atoms with Gasteiger partial charge in [-0.25, -0.2) is 0 Å². The zero-order chi connectivity index (χ0) is 14.4. The first kappa shape index (κ1) is 13.5. The van der Waals surface area contributed by atoms with E-state index >= 15 is 0 Å². The lowest BCUT2D eigenvalue weighted by atomic mass is 10.3. The van der Waals surface area contributed by atoms with Gasteiger partial charge in [0.2, 0.25) is 0 Å². The molecule has 0 unspecified atom stereocenters. The van der Waals surface area contributed by atoms with Gasteiger partial charge in [0, 0.05) is 17.8 Å². The molecule has 0 radical (unpaired) electrons. The number of non-ortho nitro benzene ring substituents is 1. The summed E-state index contributed by atoms with van der Waals surface area (Å²) in [6.07, 6.45) is 0. The zero-order valence-electron chi connectivity index (χ0n) is 10.5. The molecular formula is C14H12N2O4. The fourth-order valence-electron chi connectivity index (χ4n) is 1.53. The predicted molar refractivity (Wildman–Crippen MR) is 73.7 cm³/mol. The molecule has 0 atom stereocenters. The smallest absolute Gasteiger partial charge is 0.269 e. The molecule has 6 heteroatoms. The van der Waals surface area contributed by atoms with E-state index in [4.69, 9.17) is 4.74 Å². The van der Waals surface area contributed by atoms with Gasteiger partial charge in [-0.15, -0.1) is 0 Å². The molecule has 0 fully saturated rings. The van der Waals surface area contributed by atoms with Gasteiger partial charge in [0.1, 0.15) is 5.75 Å². The summed E-state index contributed by atoms with van der Waals surface area (Å²) in [7, 11) is 0. The van der Waals surface area contributed by atoms with E-state index in [0.29, 0.717) is 11.4 Å². The first-order chi connectivity index (χ1) is 9.65. The fourth-order valence-corrected chi connectivity index (χ4v) is 1.53. The molecule has 1 N–H and O–H groups in total. The van der Waals surface area contributed by atoms with Crippen molar-refractivity contribution in [2.24, 2.45) is 0 Å². The highest BCUT2D eigenvalue weighted by Gasteiger charge is 2.06. The molecular weight excluding hydrogens is 260 g/mol. The van der Waals surface area contributed by atoms with Crippen LogP contribution in [0.15, 0.2) is 54.6 Å². The Morgan fingerprint density at radius 1 is 1.10 bits per heavy atom. The quantitative estimate of drug-likeness (QED) is 0.670. The number of hydrogen-bond donors (Lipinski definition) is 1. The van der Waals surface area contributed by atoms with E-state index < -0.39 is 4.92 Å². The van der Waals surface area contributed by atoms with Gasteiger partial charge in [-0.1, -0.05) is 18.2 Å². The molecule has 2 aromatic rings. The van der Waals surface area contributed by atoms with Gasteiger partial charge >= 0.3 is 0 Å². The molecule has 2 aromatic carbocycles. The summed E-state index contributed by atoms with van der Waals surface area (Å²) in [5, 5.41) is 13.2. The van der Waals surface area contributed by atoms with Crippen molar-refractivity contribution < 1.29 is 14.5 Å². The van der Waals surface area contributed by atoms with E-state index in [1.165, 1.54) is 24.3 Å². The van der Waals surface area contributed by atoms with Crippen LogP contribution in [-0.4, -0.2) is 17.4 Å². The first-order valence-electron chi connectivity index (χ1n) is 5.87. The molecule has 0 aliphatic heterocycles. The lowest BCUT2D eigenvalue weighted by Gasteiger charge is -2.07. The summed E-state index contributed by atoms with van der Waals surface area (Å²) in [6, 6.07) is 14.6. The van der Waals surface area contributed by atoms with Crippen LogP contribution >= 0.6 is 0 Å². The molecule has 2 rings (SSSR count). The van der Waals surface area contributed by atoms with E-state index in [2.05, 4.69) is 5.32 Å². The third-order valence-corrected chi connectivity index (χ3v) is 2.48. The Morgan fingerprint density at radius 3 is 2.35 bits per heavy atom. The second-order valence-corrected chi connectivity index (χ2v) is 3.95. The number of hydrogen-bond acceptors (Lipinski definition) is 4. The number of carbonyl (C=O) groups excluding carboxylic acids is 1. The van der Waals surface area contributed by atoms with Gasteiger partial charge in [-0.3, -0.25) is 14.9 Å². The molecule has 0 heterocycles. The Morgan fingerprint density at radius 2 is 1.75 bits per heavy atom. The maximum Gasteiger partial charge on any atom is 0.269 e. The van der Waals surface area contributed by atoms with Gasteiger partial charge in [0.05, 0.1) is 4.92 Å². The van der Waals surface area contributed by atoms with Gasteiger partial charge in [0.25, 0.3) is 11.6 Å². The highest BCUT2D eigenvalue weighted by Crippen LogP contribution is 2.17. The van der Waals surface area contributed by atoms with Crippen molar-refractivity contribution in [3.05, 3.63) is 64.7 Å². The van der Waals surface area contributed by atoms with Crippen LogP contribution in [0.4, 0.5) is 11.4 Å². The number of benzene rings is 2. The van der Waals surface area contributed by atoms with Crippen LogP contribution in [0.2, 0.25) is 0 Å². The fraction of sp³-hybridized carbons (Fsp3) is 0.0714. The molecule has 0 saturated heterocycles. The average Bonchev–Trinajstić information content (AvgIpc) is 2.46. The number of nitrogens with one attached hydrogen (secondary N) is 1. The number of nitro benzene ring substituents is 1. The van der Waals surface area contributed by atoms with Crippen molar-refractivity contribution in [2.75, 3.05) is 11.9 Å². The minimum Gasteiger partial charge on any atom is -0.484 e. The average molecular weight is 272 g/mol. The van der Waals surface area contributed by atoms with Crippen LogP contribution in [0.5, 0.6) is 5.75 Å².